The minimum absolute atomic E-state index is 0.00329. The first-order valence-corrected chi connectivity index (χ1v) is 23.9. The summed E-state index contributed by atoms with van der Waals surface area (Å²) >= 11 is 0. The number of fused-ring (bicyclic) bond motifs is 3. The van der Waals surface area contributed by atoms with Crippen molar-refractivity contribution in [2.24, 2.45) is 5.92 Å². The first kappa shape index (κ1) is 49.9. The van der Waals surface area contributed by atoms with E-state index in [0.717, 1.165) is 76.4 Å². The predicted octanol–water partition coefficient (Wildman–Crippen LogP) is 6.64. The Hall–Kier alpha value is -1.53. The van der Waals surface area contributed by atoms with E-state index in [1.165, 1.54) is 13.5 Å². The molecule has 9 fully saturated rings. The van der Waals surface area contributed by atoms with Crippen LogP contribution in [0.4, 0.5) is 0 Å². The van der Waals surface area contributed by atoms with Gasteiger partial charge in [0.05, 0.1) is 93.9 Å². The molecule has 0 aromatic heterocycles. The summed E-state index contributed by atoms with van der Waals surface area (Å²) < 4.78 is 66.6. The lowest BCUT2D eigenvalue weighted by Crippen LogP contribution is -2.63. The van der Waals surface area contributed by atoms with Crippen molar-refractivity contribution < 1.29 is 67.1 Å². The maximum absolute atomic E-state index is 11.9. The number of methoxy groups -OCH3 is 1. The van der Waals surface area contributed by atoms with Gasteiger partial charge in [-0.2, -0.15) is 0 Å². The van der Waals surface area contributed by atoms with Crippen molar-refractivity contribution in [3.8, 4) is 0 Å². The van der Waals surface area contributed by atoms with E-state index in [4.69, 9.17) is 52.1 Å². The summed E-state index contributed by atoms with van der Waals surface area (Å²) in [6.07, 6.45) is 12.0. The average molecular weight is 881 g/mol. The van der Waals surface area contributed by atoms with Gasteiger partial charge in [0.1, 0.15) is 24.4 Å². The largest absolute Gasteiger partial charge is 0.469 e. The van der Waals surface area contributed by atoms with E-state index in [9.17, 15) is 15.0 Å². The molecule has 8 saturated heterocycles. The fraction of sp³-hybridized carbons (Fsp3) is 0.896. The maximum atomic E-state index is 11.9. The quantitative estimate of drug-likeness (QED) is 0.109. The molecule has 0 aromatic carbocycles. The minimum Gasteiger partial charge on any atom is -0.469 e. The van der Waals surface area contributed by atoms with E-state index in [0.29, 0.717) is 39.1 Å². The average Bonchev–Trinajstić information content (AvgIpc) is 3.49. The third kappa shape index (κ3) is 12.3. The molecule has 9 aliphatic rings. The highest BCUT2D eigenvalue weighted by Gasteiger charge is 2.65. The Kier molecular flexibility index (Phi) is 18.0. The number of rotatable bonds is 14. The monoisotopic (exact) mass is 881 g/mol. The van der Waals surface area contributed by atoms with Crippen molar-refractivity contribution in [2.75, 3.05) is 33.5 Å². The van der Waals surface area contributed by atoms with E-state index in [2.05, 4.69) is 13.2 Å². The van der Waals surface area contributed by atoms with Gasteiger partial charge in [0.2, 0.25) is 0 Å². The molecule has 8 heterocycles. The summed E-state index contributed by atoms with van der Waals surface area (Å²) in [5, 5.41) is 20.8. The van der Waals surface area contributed by atoms with Gasteiger partial charge < -0.3 is 62.3 Å². The van der Waals surface area contributed by atoms with Crippen molar-refractivity contribution in [1.82, 2.24) is 0 Å². The van der Waals surface area contributed by atoms with Gasteiger partial charge in [-0.25, -0.2) is 0 Å². The van der Waals surface area contributed by atoms with Gasteiger partial charge in [-0.3, -0.25) is 4.79 Å². The molecule has 9 rings (SSSR count). The molecule has 0 aromatic rings. The second kappa shape index (κ2) is 22.3. The maximum Gasteiger partial charge on any atom is 0.308 e. The van der Waals surface area contributed by atoms with Crippen LogP contribution in [0.1, 0.15) is 138 Å². The summed E-state index contributed by atoms with van der Waals surface area (Å²) in [5.41, 5.74) is 0.527. The molecule has 1 saturated carbocycles. The Bertz CT molecular complexity index is 1430. The van der Waals surface area contributed by atoms with Gasteiger partial charge >= 0.3 is 5.97 Å². The van der Waals surface area contributed by atoms with Gasteiger partial charge in [0, 0.05) is 31.8 Å². The zero-order chi connectivity index (χ0) is 44.7. The summed E-state index contributed by atoms with van der Waals surface area (Å²) in [6, 6.07) is 0. The van der Waals surface area contributed by atoms with Crippen molar-refractivity contribution in [3.05, 3.63) is 24.8 Å². The zero-order valence-electron chi connectivity index (χ0n) is 38.8. The third-order valence-electron chi connectivity index (χ3n) is 14.1. The summed E-state index contributed by atoms with van der Waals surface area (Å²) in [5.74, 6) is -1.47. The number of ether oxygens (including phenoxy) is 11. The van der Waals surface area contributed by atoms with Crippen molar-refractivity contribution in [2.45, 2.75) is 234 Å². The zero-order valence-corrected chi connectivity index (χ0v) is 38.8. The molecule has 1 unspecified atom stereocenters. The van der Waals surface area contributed by atoms with Crippen LogP contribution in [0.5, 0.6) is 0 Å². The smallest absolute Gasteiger partial charge is 0.308 e. The minimum atomic E-state index is -0.717. The first-order valence-electron chi connectivity index (χ1n) is 23.9. The van der Waals surface area contributed by atoms with E-state index in [1.54, 1.807) is 6.08 Å². The lowest BCUT2D eigenvalue weighted by atomic mass is 9.71. The molecule has 0 radical (unpaired) electrons. The summed E-state index contributed by atoms with van der Waals surface area (Å²) in [7, 11) is 1.40. The molecule has 2 bridgehead atoms. The Morgan fingerprint density at radius 3 is 2.39 bits per heavy atom. The number of hydrogen-bond acceptors (Lipinski definition) is 14. The second-order valence-electron chi connectivity index (χ2n) is 19.2. The highest BCUT2D eigenvalue weighted by atomic mass is 16.7. The van der Waals surface area contributed by atoms with Crippen LogP contribution < -0.4 is 0 Å². The van der Waals surface area contributed by atoms with Crippen LogP contribution in [0.25, 0.3) is 0 Å². The fourth-order valence-corrected chi connectivity index (χ4v) is 10.8. The highest BCUT2D eigenvalue weighted by Crippen LogP contribution is 2.56. The Morgan fingerprint density at radius 2 is 1.66 bits per heavy atom. The van der Waals surface area contributed by atoms with Gasteiger partial charge in [-0.05, 0) is 90.6 Å². The van der Waals surface area contributed by atoms with Crippen LogP contribution in [0.15, 0.2) is 24.8 Å². The van der Waals surface area contributed by atoms with Crippen LogP contribution in [-0.4, -0.2) is 146 Å². The first-order chi connectivity index (χ1) is 29.7. The van der Waals surface area contributed by atoms with E-state index in [-0.39, 0.29) is 91.1 Å². The molecule has 14 nitrogen and oxygen atoms in total. The Labute approximate surface area is 370 Å². The molecule has 62 heavy (non-hydrogen) atoms. The van der Waals surface area contributed by atoms with Crippen molar-refractivity contribution in [3.63, 3.8) is 0 Å². The summed E-state index contributed by atoms with van der Waals surface area (Å²) in [6.45, 7) is 22.0. The van der Waals surface area contributed by atoms with Gasteiger partial charge in [-0.15, -0.1) is 6.58 Å². The Morgan fingerprint density at radius 1 is 0.871 bits per heavy atom. The number of unbranched alkanes of at least 4 members (excludes halogenated alkanes) is 1. The molecule has 0 spiro atoms. The van der Waals surface area contributed by atoms with Crippen molar-refractivity contribution in [1.29, 1.82) is 0 Å². The standard InChI is InChI=1S/C32H50O9.C14H24O5.C2H6/c1-4-16-38-32-20-31(21-32,15-7-5-9-22(2)25(33)13-11-23-10-6-8-17-36-23)41-30-27(40-32)19-37-26-14-12-24(39-29(26)30)18-28(34)35-3;1-7-12(15)8(2)17-10-5-9-11(18-13(7)10)6-16-14(3,4)19-9;1-2/h4,23-27,29-30,33H,1-2,5-21H2,3H3;7-13,15H,5-6H2,1-4H3;1-2H3/t23-,24+,25+,26-,27?,29-,30+,31?,32?;7-,8+,9-,10+,11-,12-,13+;/m11./s1. The van der Waals surface area contributed by atoms with Gasteiger partial charge in [0.15, 0.2) is 11.6 Å². The van der Waals surface area contributed by atoms with Crippen LogP contribution in [0.3, 0.4) is 0 Å². The van der Waals surface area contributed by atoms with Crippen LogP contribution in [-0.2, 0) is 56.9 Å². The third-order valence-corrected chi connectivity index (χ3v) is 14.1. The number of carbonyl (C=O) groups is 1. The van der Waals surface area contributed by atoms with Crippen LogP contribution in [0.2, 0.25) is 0 Å². The van der Waals surface area contributed by atoms with Crippen LogP contribution >= 0.6 is 0 Å². The fourth-order valence-electron chi connectivity index (χ4n) is 10.8. The van der Waals surface area contributed by atoms with Crippen molar-refractivity contribution >= 4 is 5.97 Å². The molecule has 14 atom stereocenters. The molecule has 14 heteroatoms. The van der Waals surface area contributed by atoms with E-state index < -0.39 is 23.8 Å². The second-order valence-corrected chi connectivity index (χ2v) is 19.2. The lowest BCUT2D eigenvalue weighted by molar-refractivity contribution is -0.354. The SMILES string of the molecule is C=CCOC12CC(CCCCC(=C)[C@@H](O)CC[C@H]3CCCCO3)(C1)O[C@H]1C(CO[C@@H]3CC[C@@H](CC(=O)OC)O[C@H]31)O2.CC.C[C@@H]1[C@@H](O)[C@H](C)O[C@H]2C[C@H]3OC(C)(C)OC[C@H]3O[C@@H]12. The molecule has 8 aliphatic heterocycles. The van der Waals surface area contributed by atoms with Gasteiger partial charge in [-0.1, -0.05) is 39.8 Å². The van der Waals surface area contributed by atoms with Gasteiger partial charge in [0.25, 0.3) is 0 Å². The highest BCUT2D eigenvalue weighted by molar-refractivity contribution is 5.69. The number of hydrogen-bond donors (Lipinski definition) is 2. The summed E-state index contributed by atoms with van der Waals surface area (Å²) in [4.78, 5) is 11.9. The molecule has 0 amide bonds. The lowest BCUT2D eigenvalue weighted by Gasteiger charge is -2.52. The molecular formula is C48H80O14. The van der Waals surface area contributed by atoms with E-state index >= 15 is 0 Å². The molecule has 356 valence electrons. The predicted molar refractivity (Wildman–Crippen MR) is 230 cm³/mol. The number of aliphatic hydroxyl groups is 2. The number of aliphatic hydroxyl groups excluding tert-OH is 2. The molecular weight excluding hydrogens is 801 g/mol. The topological polar surface area (TPSA) is 159 Å². The number of esters is 1. The number of carbonyl (C=O) groups excluding carboxylic acids is 1. The van der Waals surface area contributed by atoms with E-state index in [1.807, 2.05) is 41.5 Å². The molecule has 2 N–H and O–H groups in total. The molecule has 1 aliphatic carbocycles. The van der Waals surface area contributed by atoms with Crippen LogP contribution in [0, 0.1) is 5.92 Å². The Balaban J connectivity index is 0.000000253. The normalized spacial score (nSPS) is 42.1.